The van der Waals surface area contributed by atoms with E-state index in [1.54, 1.807) is 17.4 Å². The Morgan fingerprint density at radius 1 is 1.28 bits per heavy atom. The van der Waals surface area contributed by atoms with Crippen molar-refractivity contribution >= 4 is 44.2 Å². The number of hydrogen-bond donors (Lipinski definition) is 2. The Morgan fingerprint density at radius 2 is 2.14 bits per heavy atom. The molecule has 0 atom stereocenters. The zero-order valence-electron chi connectivity index (χ0n) is 15.7. The molecule has 0 aliphatic rings. The minimum atomic E-state index is -3.77. The normalized spacial score (nSPS) is 12.1. The molecule has 0 spiro atoms. The molecule has 29 heavy (non-hydrogen) atoms. The number of hydrogen-bond acceptors (Lipinski definition) is 7. The second-order valence-corrected chi connectivity index (χ2v) is 9.91. The minimum Gasteiger partial charge on any atom is -0.327 e. The number of aromatic nitrogens is 5. The first-order valence-corrected chi connectivity index (χ1v) is 12.5. The fourth-order valence-corrected chi connectivity index (χ4v) is 4.92. The SMILES string of the molecule is CCCCn1c(CSc2n[nH]c(-c3cccs3)n2)nc2cc(S(N)(=O)=O)ccc21. The molecular formula is C18H20N6O2S3. The van der Waals surface area contributed by atoms with Gasteiger partial charge >= 0.3 is 0 Å². The summed E-state index contributed by atoms with van der Waals surface area (Å²) in [6.07, 6.45) is 2.05. The lowest BCUT2D eigenvalue weighted by Crippen LogP contribution is -2.11. The van der Waals surface area contributed by atoms with Crippen molar-refractivity contribution in [1.82, 2.24) is 24.7 Å². The van der Waals surface area contributed by atoms with Gasteiger partial charge in [-0.25, -0.2) is 23.5 Å². The van der Waals surface area contributed by atoms with E-state index in [1.807, 2.05) is 17.5 Å². The van der Waals surface area contributed by atoms with Crippen LogP contribution in [0.1, 0.15) is 25.6 Å². The largest absolute Gasteiger partial charge is 0.327 e. The third-order valence-electron chi connectivity index (χ3n) is 4.41. The van der Waals surface area contributed by atoms with Crippen LogP contribution in [0, 0.1) is 0 Å². The number of fused-ring (bicyclic) bond motifs is 1. The number of nitrogens with zero attached hydrogens (tertiary/aromatic N) is 4. The quantitative estimate of drug-likeness (QED) is 0.397. The van der Waals surface area contributed by atoms with Gasteiger partial charge in [0.15, 0.2) is 5.82 Å². The van der Waals surface area contributed by atoms with Gasteiger partial charge in [0.25, 0.3) is 0 Å². The van der Waals surface area contributed by atoms with Crippen LogP contribution in [0.5, 0.6) is 0 Å². The van der Waals surface area contributed by atoms with Crippen molar-refractivity contribution < 1.29 is 8.42 Å². The number of nitrogens with one attached hydrogen (secondary N) is 1. The molecule has 11 heteroatoms. The van der Waals surface area contributed by atoms with Crippen molar-refractivity contribution in [2.45, 2.75) is 42.1 Å². The maximum atomic E-state index is 11.7. The molecule has 0 aliphatic heterocycles. The number of unbranched alkanes of at least 4 members (excludes halogenated alkanes) is 1. The van der Waals surface area contributed by atoms with Crippen molar-refractivity contribution in [2.24, 2.45) is 5.14 Å². The molecule has 1 aromatic carbocycles. The number of rotatable bonds is 8. The standard InChI is InChI=1S/C18H20N6O2S3/c1-2-3-8-24-14-7-6-12(29(19,25)26)10-13(14)20-16(24)11-28-18-21-17(22-23-18)15-5-4-9-27-15/h4-7,9-10H,2-3,8,11H2,1H3,(H2,19,25,26)(H,21,22,23). The minimum absolute atomic E-state index is 0.0684. The highest BCUT2D eigenvalue weighted by atomic mass is 32.2. The Bertz CT molecular complexity index is 1230. The molecule has 0 unspecified atom stereocenters. The number of nitrogens with two attached hydrogens (primary N) is 1. The summed E-state index contributed by atoms with van der Waals surface area (Å²) >= 11 is 3.09. The lowest BCUT2D eigenvalue weighted by atomic mass is 10.3. The van der Waals surface area contributed by atoms with Crippen molar-refractivity contribution in [2.75, 3.05) is 0 Å². The molecule has 0 radical (unpaired) electrons. The zero-order chi connectivity index (χ0) is 20.4. The van der Waals surface area contributed by atoms with Gasteiger partial charge in [-0.1, -0.05) is 31.2 Å². The van der Waals surface area contributed by atoms with Gasteiger partial charge in [-0.2, -0.15) is 0 Å². The number of thioether (sulfide) groups is 1. The monoisotopic (exact) mass is 448 g/mol. The number of primary sulfonamides is 1. The lowest BCUT2D eigenvalue weighted by Gasteiger charge is -2.08. The molecule has 0 aliphatic carbocycles. The van der Waals surface area contributed by atoms with Gasteiger partial charge < -0.3 is 4.57 Å². The topological polar surface area (TPSA) is 120 Å². The van der Waals surface area contributed by atoms with Crippen LogP contribution < -0.4 is 5.14 Å². The van der Waals surface area contributed by atoms with Gasteiger partial charge in [0.05, 0.1) is 26.6 Å². The first-order valence-electron chi connectivity index (χ1n) is 9.06. The van der Waals surface area contributed by atoms with Gasteiger partial charge in [0.2, 0.25) is 15.2 Å². The average Bonchev–Trinajstić information content (AvgIpc) is 3.42. The van der Waals surface area contributed by atoms with Crippen molar-refractivity contribution in [1.29, 1.82) is 0 Å². The van der Waals surface area contributed by atoms with Crippen LogP contribution in [0.2, 0.25) is 0 Å². The molecule has 3 aromatic heterocycles. The lowest BCUT2D eigenvalue weighted by molar-refractivity contribution is 0.598. The molecule has 3 N–H and O–H groups in total. The van der Waals surface area contributed by atoms with E-state index in [0.29, 0.717) is 16.4 Å². The summed E-state index contributed by atoms with van der Waals surface area (Å²) in [5.74, 6) is 2.18. The van der Waals surface area contributed by atoms with Crippen molar-refractivity contribution in [3.05, 3.63) is 41.5 Å². The van der Waals surface area contributed by atoms with Crippen molar-refractivity contribution in [3.63, 3.8) is 0 Å². The van der Waals surface area contributed by atoms with Gasteiger partial charge in [-0.3, -0.25) is 5.10 Å². The van der Waals surface area contributed by atoms with Gasteiger partial charge in [0.1, 0.15) is 5.82 Å². The number of aromatic amines is 1. The smallest absolute Gasteiger partial charge is 0.238 e. The molecule has 0 amide bonds. The fourth-order valence-electron chi connectivity index (χ4n) is 2.98. The van der Waals surface area contributed by atoms with Crippen molar-refractivity contribution in [3.8, 4) is 10.7 Å². The first kappa shape index (κ1) is 20.1. The predicted octanol–water partition coefficient (Wildman–Crippen LogP) is 3.62. The van der Waals surface area contributed by atoms with E-state index in [9.17, 15) is 8.42 Å². The molecule has 0 fully saturated rings. The highest BCUT2D eigenvalue weighted by Crippen LogP contribution is 2.27. The zero-order valence-corrected chi connectivity index (χ0v) is 18.1. The number of aryl methyl sites for hydroxylation is 1. The van der Waals surface area contributed by atoms with Crippen LogP contribution in [-0.4, -0.2) is 33.2 Å². The van der Waals surface area contributed by atoms with E-state index in [1.165, 1.54) is 23.9 Å². The Kier molecular flexibility index (Phi) is 5.72. The molecule has 3 heterocycles. The maximum Gasteiger partial charge on any atom is 0.238 e. The molecule has 0 saturated carbocycles. The number of thiophene rings is 1. The summed E-state index contributed by atoms with van der Waals surface area (Å²) in [6, 6.07) is 8.80. The number of sulfonamides is 1. The van der Waals surface area contributed by atoms with E-state index in [2.05, 4.69) is 31.7 Å². The number of H-pyrrole nitrogens is 1. The predicted molar refractivity (Wildman–Crippen MR) is 115 cm³/mol. The molecule has 8 nitrogen and oxygen atoms in total. The van der Waals surface area contributed by atoms with Crippen LogP contribution in [0.15, 0.2) is 45.8 Å². The molecule has 0 saturated heterocycles. The summed E-state index contributed by atoms with van der Waals surface area (Å²) in [7, 11) is -3.77. The summed E-state index contributed by atoms with van der Waals surface area (Å²) < 4.78 is 25.5. The Labute approximate surface area is 176 Å². The molecule has 4 aromatic rings. The van der Waals surface area contributed by atoms with Crippen LogP contribution in [0.25, 0.3) is 21.7 Å². The number of imidazole rings is 1. The summed E-state index contributed by atoms with van der Waals surface area (Å²) in [5.41, 5.74) is 1.52. The van der Waals surface area contributed by atoms with E-state index in [0.717, 1.165) is 41.4 Å². The fraction of sp³-hybridized carbons (Fsp3) is 0.278. The molecule has 4 rings (SSSR count). The summed E-state index contributed by atoms with van der Waals surface area (Å²) in [6.45, 7) is 2.94. The summed E-state index contributed by atoms with van der Waals surface area (Å²) in [4.78, 5) is 10.3. The molecule has 0 bridgehead atoms. The number of benzene rings is 1. The second-order valence-electron chi connectivity index (χ2n) is 6.46. The third kappa shape index (κ3) is 4.37. The highest BCUT2D eigenvalue weighted by Gasteiger charge is 2.16. The van der Waals surface area contributed by atoms with Crippen LogP contribution in [0.4, 0.5) is 0 Å². The van der Waals surface area contributed by atoms with Crippen LogP contribution in [0.3, 0.4) is 0 Å². The Morgan fingerprint density at radius 3 is 2.86 bits per heavy atom. The Hall–Kier alpha value is -2.21. The average molecular weight is 449 g/mol. The third-order valence-corrected chi connectivity index (χ3v) is 7.04. The van der Waals surface area contributed by atoms with E-state index < -0.39 is 10.0 Å². The van der Waals surface area contributed by atoms with Crippen LogP contribution >= 0.6 is 23.1 Å². The van der Waals surface area contributed by atoms with Gasteiger partial charge in [-0.15, -0.1) is 16.4 Å². The van der Waals surface area contributed by atoms with E-state index in [-0.39, 0.29) is 4.90 Å². The van der Waals surface area contributed by atoms with E-state index in [4.69, 9.17) is 5.14 Å². The highest BCUT2D eigenvalue weighted by molar-refractivity contribution is 7.98. The second kappa shape index (κ2) is 8.27. The molecule has 152 valence electrons. The first-order chi connectivity index (χ1) is 14.0. The van der Waals surface area contributed by atoms with Gasteiger partial charge in [-0.05, 0) is 36.1 Å². The summed E-state index contributed by atoms with van der Waals surface area (Å²) in [5, 5.41) is 15.2. The molecular weight excluding hydrogens is 428 g/mol. The van der Waals surface area contributed by atoms with Gasteiger partial charge in [0, 0.05) is 6.54 Å². The van der Waals surface area contributed by atoms with Crippen LogP contribution in [-0.2, 0) is 22.3 Å². The Balaban J connectivity index is 1.61. The maximum absolute atomic E-state index is 11.7. The van der Waals surface area contributed by atoms with E-state index >= 15 is 0 Å².